The van der Waals surface area contributed by atoms with Gasteiger partial charge < -0.3 is 16.8 Å². The van der Waals surface area contributed by atoms with Gasteiger partial charge >= 0.3 is 6.18 Å². The summed E-state index contributed by atoms with van der Waals surface area (Å²) in [6.07, 6.45) is -4.66. The lowest BCUT2D eigenvalue weighted by Crippen LogP contribution is -2.38. The molecule has 0 atom stereocenters. The fourth-order valence-corrected chi connectivity index (χ4v) is 1.34. The van der Waals surface area contributed by atoms with Crippen molar-refractivity contribution >= 4 is 17.6 Å². The van der Waals surface area contributed by atoms with Gasteiger partial charge in [-0.1, -0.05) is 0 Å². The van der Waals surface area contributed by atoms with Crippen LogP contribution < -0.4 is 16.8 Å². The highest BCUT2D eigenvalue weighted by Gasteiger charge is 2.34. The molecule has 9 heteroatoms. The highest BCUT2D eigenvalue weighted by Crippen LogP contribution is 2.29. The molecule has 0 bridgehead atoms. The Morgan fingerprint density at radius 2 is 1.81 bits per heavy atom. The van der Waals surface area contributed by atoms with E-state index in [0.29, 0.717) is 6.07 Å². The van der Waals surface area contributed by atoms with E-state index in [-0.39, 0.29) is 17.9 Å². The molecule has 1 rings (SSSR count). The Morgan fingerprint density at radius 1 is 1.24 bits per heavy atom. The molecule has 0 aliphatic carbocycles. The quantitative estimate of drug-likeness (QED) is 0.757. The molecule has 0 spiro atoms. The number of pyridine rings is 1. The standard InChI is InChI=1S/C12H15F3N4O2/c1-11(2,10(17)21)5-18-9-6(8(16)20)3-4-7(19-9)12(13,14)15/h3-4H,5H2,1-2H3,(H2,16,20)(H2,17,21)(H,18,19). The van der Waals surface area contributed by atoms with E-state index in [4.69, 9.17) is 11.5 Å². The van der Waals surface area contributed by atoms with Crippen molar-refractivity contribution in [3.63, 3.8) is 0 Å². The summed E-state index contributed by atoms with van der Waals surface area (Å²) in [5.74, 6) is -1.93. The number of primary amides is 2. The molecule has 5 N–H and O–H groups in total. The van der Waals surface area contributed by atoms with Crippen LogP contribution in [0.2, 0.25) is 0 Å². The predicted octanol–water partition coefficient (Wildman–Crippen LogP) is 1.12. The van der Waals surface area contributed by atoms with Crippen LogP contribution in [0.5, 0.6) is 0 Å². The van der Waals surface area contributed by atoms with Gasteiger partial charge in [0.15, 0.2) is 0 Å². The minimum absolute atomic E-state index is 0.100. The van der Waals surface area contributed by atoms with Crippen molar-refractivity contribution in [1.82, 2.24) is 4.98 Å². The van der Waals surface area contributed by atoms with Gasteiger partial charge in [0, 0.05) is 6.54 Å². The molecule has 0 aliphatic heterocycles. The molecule has 1 aromatic rings. The number of alkyl halides is 3. The number of nitrogens with two attached hydrogens (primary N) is 2. The Labute approximate surface area is 118 Å². The molecule has 21 heavy (non-hydrogen) atoms. The molecule has 6 nitrogen and oxygen atoms in total. The first-order chi connectivity index (χ1) is 9.45. The third-order valence-corrected chi connectivity index (χ3v) is 2.82. The maximum atomic E-state index is 12.6. The molecule has 1 aromatic heterocycles. The smallest absolute Gasteiger partial charge is 0.369 e. The fraction of sp³-hybridized carbons (Fsp3) is 0.417. The van der Waals surface area contributed by atoms with Crippen LogP contribution in [0.4, 0.5) is 19.0 Å². The average Bonchev–Trinajstić information content (AvgIpc) is 2.34. The Kier molecular flexibility index (Phi) is 4.45. The van der Waals surface area contributed by atoms with Gasteiger partial charge in [-0.2, -0.15) is 13.2 Å². The Hall–Kier alpha value is -2.32. The molecule has 2 amide bonds. The summed E-state index contributed by atoms with van der Waals surface area (Å²) >= 11 is 0. The zero-order valence-corrected chi connectivity index (χ0v) is 11.4. The van der Waals surface area contributed by atoms with E-state index >= 15 is 0 Å². The minimum Gasteiger partial charge on any atom is -0.369 e. The third kappa shape index (κ3) is 4.07. The molecular formula is C12H15F3N4O2. The second-order valence-corrected chi connectivity index (χ2v) is 5.06. The van der Waals surface area contributed by atoms with E-state index < -0.39 is 29.1 Å². The van der Waals surface area contributed by atoms with Crippen molar-refractivity contribution in [2.24, 2.45) is 16.9 Å². The van der Waals surface area contributed by atoms with Crippen LogP contribution in [0.1, 0.15) is 29.9 Å². The number of carbonyl (C=O) groups is 2. The molecule has 0 unspecified atom stereocenters. The lowest BCUT2D eigenvalue weighted by Gasteiger charge is -2.22. The van der Waals surface area contributed by atoms with E-state index in [2.05, 4.69) is 10.3 Å². The summed E-state index contributed by atoms with van der Waals surface area (Å²) < 4.78 is 37.9. The van der Waals surface area contributed by atoms with Crippen LogP contribution in [0.15, 0.2) is 12.1 Å². The van der Waals surface area contributed by atoms with E-state index in [0.717, 1.165) is 6.07 Å². The summed E-state index contributed by atoms with van der Waals surface area (Å²) in [4.78, 5) is 25.7. The second-order valence-electron chi connectivity index (χ2n) is 5.06. The molecular weight excluding hydrogens is 289 g/mol. The van der Waals surface area contributed by atoms with Gasteiger partial charge in [0.05, 0.1) is 11.0 Å². The highest BCUT2D eigenvalue weighted by molar-refractivity contribution is 5.97. The summed E-state index contributed by atoms with van der Waals surface area (Å²) in [7, 11) is 0. The van der Waals surface area contributed by atoms with Crippen molar-refractivity contribution in [3.05, 3.63) is 23.4 Å². The van der Waals surface area contributed by atoms with Gasteiger partial charge in [-0.15, -0.1) is 0 Å². The predicted molar refractivity (Wildman–Crippen MR) is 69.2 cm³/mol. The number of hydrogen-bond donors (Lipinski definition) is 3. The zero-order chi connectivity index (χ0) is 16.4. The number of rotatable bonds is 5. The van der Waals surface area contributed by atoms with E-state index in [1.807, 2.05) is 0 Å². The number of carbonyl (C=O) groups excluding carboxylic acids is 2. The zero-order valence-electron chi connectivity index (χ0n) is 11.4. The van der Waals surface area contributed by atoms with Crippen LogP contribution >= 0.6 is 0 Å². The largest absolute Gasteiger partial charge is 0.433 e. The summed E-state index contributed by atoms with van der Waals surface area (Å²) in [5, 5.41) is 2.52. The Morgan fingerprint density at radius 3 is 2.24 bits per heavy atom. The maximum absolute atomic E-state index is 12.6. The molecule has 0 fully saturated rings. The summed E-state index contributed by atoms with van der Waals surface area (Å²) in [5.41, 5.74) is 7.83. The first-order valence-electron chi connectivity index (χ1n) is 5.87. The van der Waals surface area contributed by atoms with E-state index in [9.17, 15) is 22.8 Å². The first-order valence-corrected chi connectivity index (χ1v) is 5.87. The Balaban J connectivity index is 3.13. The minimum atomic E-state index is -4.66. The second kappa shape index (κ2) is 5.58. The molecule has 1 heterocycles. The van der Waals surface area contributed by atoms with Crippen LogP contribution in [0.3, 0.4) is 0 Å². The maximum Gasteiger partial charge on any atom is 0.433 e. The van der Waals surface area contributed by atoms with E-state index in [1.165, 1.54) is 13.8 Å². The van der Waals surface area contributed by atoms with Gasteiger partial charge in [0.1, 0.15) is 11.5 Å². The number of halogens is 3. The van der Waals surface area contributed by atoms with Crippen LogP contribution in [-0.4, -0.2) is 23.3 Å². The fourth-order valence-electron chi connectivity index (χ4n) is 1.34. The first kappa shape index (κ1) is 16.7. The number of anilines is 1. The van der Waals surface area contributed by atoms with Gasteiger partial charge in [0.2, 0.25) is 5.91 Å². The third-order valence-electron chi connectivity index (χ3n) is 2.82. The topological polar surface area (TPSA) is 111 Å². The number of amides is 2. The number of aromatic nitrogens is 1. The van der Waals surface area contributed by atoms with Crippen molar-refractivity contribution < 1.29 is 22.8 Å². The van der Waals surface area contributed by atoms with Crippen LogP contribution in [0, 0.1) is 5.41 Å². The monoisotopic (exact) mass is 304 g/mol. The lowest BCUT2D eigenvalue weighted by molar-refractivity contribution is -0.141. The van der Waals surface area contributed by atoms with Crippen molar-refractivity contribution in [3.8, 4) is 0 Å². The van der Waals surface area contributed by atoms with Crippen molar-refractivity contribution in [1.29, 1.82) is 0 Å². The van der Waals surface area contributed by atoms with Crippen molar-refractivity contribution in [2.75, 3.05) is 11.9 Å². The molecule has 0 radical (unpaired) electrons. The molecule has 0 saturated carbocycles. The molecule has 0 aliphatic rings. The van der Waals surface area contributed by atoms with Crippen molar-refractivity contribution in [2.45, 2.75) is 20.0 Å². The average molecular weight is 304 g/mol. The molecule has 116 valence electrons. The molecule has 0 aromatic carbocycles. The number of nitrogens with zero attached hydrogens (tertiary/aromatic N) is 1. The number of hydrogen-bond acceptors (Lipinski definition) is 4. The van der Waals surface area contributed by atoms with E-state index in [1.54, 1.807) is 0 Å². The Bertz CT molecular complexity index is 570. The normalized spacial score (nSPS) is 12.0. The van der Waals surface area contributed by atoms with Gasteiger partial charge in [-0.25, -0.2) is 4.98 Å². The highest BCUT2D eigenvalue weighted by atomic mass is 19.4. The SMILES string of the molecule is CC(C)(CNc1nc(C(F)(F)F)ccc1C(N)=O)C(N)=O. The van der Waals surface area contributed by atoms with Gasteiger partial charge in [-0.3, -0.25) is 9.59 Å². The summed E-state index contributed by atoms with van der Waals surface area (Å²) in [6, 6.07) is 1.59. The summed E-state index contributed by atoms with van der Waals surface area (Å²) in [6.45, 7) is 2.90. The van der Waals surface area contributed by atoms with Gasteiger partial charge in [0.25, 0.3) is 5.91 Å². The molecule has 0 saturated heterocycles. The van der Waals surface area contributed by atoms with Crippen LogP contribution in [-0.2, 0) is 11.0 Å². The van der Waals surface area contributed by atoms with Crippen LogP contribution in [0.25, 0.3) is 0 Å². The lowest BCUT2D eigenvalue weighted by atomic mass is 9.93. The van der Waals surface area contributed by atoms with Gasteiger partial charge in [-0.05, 0) is 26.0 Å². The number of nitrogens with one attached hydrogen (secondary N) is 1.